The summed E-state index contributed by atoms with van der Waals surface area (Å²) in [4.78, 5) is 18.5. The monoisotopic (exact) mass is 287 g/mol. The summed E-state index contributed by atoms with van der Waals surface area (Å²) in [6.45, 7) is 6.08. The van der Waals surface area contributed by atoms with Crippen molar-refractivity contribution in [1.29, 1.82) is 0 Å². The Balaban J connectivity index is 1.75. The van der Waals surface area contributed by atoms with Gasteiger partial charge in [0.2, 0.25) is 0 Å². The minimum absolute atomic E-state index is 0.0148. The maximum absolute atomic E-state index is 6.46. The standard InChI is InChI=1S/C15H21N5O/c1-14(2)7-20(8-15(21-14)5-3-4-6-15)13-11-12(17-9-16-11)18-10-19-13/h9-10H,3-8H2,1-2H3,(H,16,17,18,19). The number of nitrogens with zero attached hydrogens (tertiary/aromatic N) is 4. The van der Waals surface area contributed by atoms with E-state index >= 15 is 0 Å². The first-order chi connectivity index (χ1) is 10.1. The van der Waals surface area contributed by atoms with Gasteiger partial charge in [-0.3, -0.25) is 0 Å². The van der Waals surface area contributed by atoms with Gasteiger partial charge in [-0.1, -0.05) is 12.8 Å². The van der Waals surface area contributed by atoms with E-state index in [1.807, 2.05) is 0 Å². The molecule has 1 N–H and O–H groups in total. The number of anilines is 1. The zero-order chi connectivity index (χ0) is 14.5. The molecule has 0 aromatic carbocycles. The lowest BCUT2D eigenvalue weighted by atomic mass is 9.94. The first kappa shape index (κ1) is 13.0. The molecule has 1 saturated carbocycles. The highest BCUT2D eigenvalue weighted by molar-refractivity contribution is 5.82. The van der Waals surface area contributed by atoms with E-state index in [9.17, 15) is 0 Å². The molecule has 21 heavy (non-hydrogen) atoms. The number of aromatic amines is 1. The van der Waals surface area contributed by atoms with Gasteiger partial charge in [-0.15, -0.1) is 0 Å². The largest absolute Gasteiger partial charge is 0.365 e. The number of nitrogens with one attached hydrogen (secondary N) is 1. The minimum Gasteiger partial charge on any atom is -0.365 e. The van der Waals surface area contributed by atoms with Gasteiger partial charge in [0.15, 0.2) is 11.5 Å². The maximum atomic E-state index is 6.46. The molecule has 1 spiro atoms. The lowest BCUT2D eigenvalue weighted by Crippen LogP contribution is -2.59. The van der Waals surface area contributed by atoms with Crippen molar-refractivity contribution >= 4 is 17.0 Å². The molecule has 2 aliphatic rings. The Morgan fingerprint density at radius 3 is 2.76 bits per heavy atom. The van der Waals surface area contributed by atoms with Crippen LogP contribution in [0.5, 0.6) is 0 Å². The Morgan fingerprint density at radius 2 is 1.95 bits per heavy atom. The molecule has 6 heteroatoms. The van der Waals surface area contributed by atoms with Crippen LogP contribution < -0.4 is 4.90 Å². The van der Waals surface area contributed by atoms with Crippen molar-refractivity contribution in [2.75, 3.05) is 18.0 Å². The molecule has 0 radical (unpaired) electrons. The molecule has 2 aromatic rings. The van der Waals surface area contributed by atoms with E-state index in [1.54, 1.807) is 12.7 Å². The average molecular weight is 287 g/mol. The van der Waals surface area contributed by atoms with Crippen LogP contribution in [0.3, 0.4) is 0 Å². The molecule has 1 aliphatic heterocycles. The van der Waals surface area contributed by atoms with Crippen LogP contribution in [0.25, 0.3) is 11.2 Å². The van der Waals surface area contributed by atoms with E-state index in [1.165, 1.54) is 12.8 Å². The Morgan fingerprint density at radius 1 is 1.14 bits per heavy atom. The molecule has 4 rings (SSSR count). The second kappa shape index (κ2) is 4.40. The van der Waals surface area contributed by atoms with Crippen molar-refractivity contribution in [3.05, 3.63) is 12.7 Å². The number of aromatic nitrogens is 4. The van der Waals surface area contributed by atoms with Crippen molar-refractivity contribution in [2.45, 2.75) is 50.7 Å². The zero-order valence-corrected chi connectivity index (χ0v) is 12.6. The van der Waals surface area contributed by atoms with E-state index in [2.05, 4.69) is 38.7 Å². The van der Waals surface area contributed by atoms with Crippen molar-refractivity contribution in [2.24, 2.45) is 0 Å². The van der Waals surface area contributed by atoms with Gasteiger partial charge >= 0.3 is 0 Å². The fourth-order valence-electron chi connectivity index (χ4n) is 3.94. The fourth-order valence-corrected chi connectivity index (χ4v) is 3.94. The number of rotatable bonds is 1. The molecule has 112 valence electrons. The number of ether oxygens (including phenoxy) is 1. The highest BCUT2D eigenvalue weighted by atomic mass is 16.5. The van der Waals surface area contributed by atoms with Crippen LogP contribution in [0.4, 0.5) is 5.82 Å². The first-order valence-electron chi connectivity index (χ1n) is 7.66. The summed E-state index contributed by atoms with van der Waals surface area (Å²) >= 11 is 0. The summed E-state index contributed by atoms with van der Waals surface area (Å²) in [5.74, 6) is 0.945. The number of fused-ring (bicyclic) bond motifs is 1. The number of hydrogen-bond acceptors (Lipinski definition) is 5. The predicted octanol–water partition coefficient (Wildman–Crippen LogP) is 2.28. The van der Waals surface area contributed by atoms with E-state index < -0.39 is 0 Å². The summed E-state index contributed by atoms with van der Waals surface area (Å²) in [5.41, 5.74) is 1.46. The summed E-state index contributed by atoms with van der Waals surface area (Å²) in [6.07, 6.45) is 8.08. The van der Waals surface area contributed by atoms with Gasteiger partial charge in [-0.25, -0.2) is 15.0 Å². The molecule has 2 aromatic heterocycles. The van der Waals surface area contributed by atoms with Gasteiger partial charge in [-0.05, 0) is 26.7 Å². The van der Waals surface area contributed by atoms with Crippen LogP contribution in [0.1, 0.15) is 39.5 Å². The third-order valence-electron chi connectivity index (χ3n) is 4.56. The molecule has 0 unspecified atom stereocenters. The minimum atomic E-state index is -0.167. The van der Waals surface area contributed by atoms with Crippen molar-refractivity contribution in [3.8, 4) is 0 Å². The third-order valence-corrected chi connectivity index (χ3v) is 4.56. The molecular formula is C15H21N5O. The maximum Gasteiger partial charge on any atom is 0.182 e. The third kappa shape index (κ3) is 2.18. The summed E-state index contributed by atoms with van der Waals surface area (Å²) in [7, 11) is 0. The zero-order valence-electron chi connectivity index (χ0n) is 12.6. The topological polar surface area (TPSA) is 66.9 Å². The Bertz CT molecular complexity index is 659. The lowest BCUT2D eigenvalue weighted by molar-refractivity contribution is -0.148. The second-order valence-corrected chi connectivity index (χ2v) is 6.91. The van der Waals surface area contributed by atoms with Gasteiger partial charge in [0.25, 0.3) is 0 Å². The lowest BCUT2D eigenvalue weighted by Gasteiger charge is -2.49. The normalized spacial score (nSPS) is 24.0. The van der Waals surface area contributed by atoms with Gasteiger partial charge < -0.3 is 14.6 Å². The first-order valence-corrected chi connectivity index (χ1v) is 7.66. The fraction of sp³-hybridized carbons (Fsp3) is 0.667. The Kier molecular flexibility index (Phi) is 2.73. The molecule has 0 amide bonds. The average Bonchev–Trinajstić information content (AvgIpc) is 3.05. The van der Waals surface area contributed by atoms with E-state index in [-0.39, 0.29) is 11.2 Å². The Labute approximate surface area is 123 Å². The molecule has 0 bridgehead atoms. The molecular weight excluding hydrogens is 266 g/mol. The highest BCUT2D eigenvalue weighted by Crippen LogP contribution is 2.42. The summed E-state index contributed by atoms with van der Waals surface area (Å²) in [6, 6.07) is 0. The molecule has 6 nitrogen and oxygen atoms in total. The van der Waals surface area contributed by atoms with Crippen molar-refractivity contribution in [1.82, 2.24) is 19.9 Å². The van der Waals surface area contributed by atoms with E-state index in [4.69, 9.17) is 4.74 Å². The molecule has 1 aliphatic carbocycles. The van der Waals surface area contributed by atoms with E-state index in [0.29, 0.717) is 0 Å². The Hall–Kier alpha value is -1.69. The van der Waals surface area contributed by atoms with Crippen LogP contribution in [0.2, 0.25) is 0 Å². The highest BCUT2D eigenvalue weighted by Gasteiger charge is 2.46. The molecule has 1 saturated heterocycles. The van der Waals surface area contributed by atoms with Crippen LogP contribution in [0.15, 0.2) is 12.7 Å². The molecule has 2 fully saturated rings. The summed E-state index contributed by atoms with van der Waals surface area (Å²) < 4.78 is 6.46. The SMILES string of the molecule is CC1(C)CN(c2ncnc3nc[nH]c23)CC2(CCCC2)O1. The summed E-state index contributed by atoms with van der Waals surface area (Å²) in [5, 5.41) is 0. The van der Waals surface area contributed by atoms with Crippen LogP contribution in [0, 0.1) is 0 Å². The van der Waals surface area contributed by atoms with Gasteiger partial charge in [-0.2, -0.15) is 0 Å². The van der Waals surface area contributed by atoms with Gasteiger partial charge in [0.05, 0.1) is 17.5 Å². The quantitative estimate of drug-likeness (QED) is 0.871. The second-order valence-electron chi connectivity index (χ2n) is 6.91. The molecule has 0 atom stereocenters. The van der Waals surface area contributed by atoms with Crippen molar-refractivity contribution < 1.29 is 4.74 Å². The smallest absolute Gasteiger partial charge is 0.182 e. The van der Waals surface area contributed by atoms with Crippen molar-refractivity contribution in [3.63, 3.8) is 0 Å². The predicted molar refractivity (Wildman–Crippen MR) is 80.3 cm³/mol. The van der Waals surface area contributed by atoms with Crippen LogP contribution >= 0.6 is 0 Å². The van der Waals surface area contributed by atoms with Gasteiger partial charge in [0, 0.05) is 13.1 Å². The van der Waals surface area contributed by atoms with Gasteiger partial charge in [0.1, 0.15) is 11.8 Å². The van der Waals surface area contributed by atoms with Crippen LogP contribution in [-0.4, -0.2) is 44.2 Å². The van der Waals surface area contributed by atoms with Crippen LogP contribution in [-0.2, 0) is 4.74 Å². The number of hydrogen-bond donors (Lipinski definition) is 1. The number of H-pyrrole nitrogens is 1. The van der Waals surface area contributed by atoms with E-state index in [0.717, 1.165) is 42.9 Å². The molecule has 3 heterocycles. The number of imidazole rings is 1. The number of morpholine rings is 1.